The van der Waals surface area contributed by atoms with Crippen LogP contribution in [-0.2, 0) is 16.0 Å². The number of amides is 2. The lowest BCUT2D eigenvalue weighted by atomic mass is 10.1. The summed E-state index contributed by atoms with van der Waals surface area (Å²) in [5, 5.41) is 0. The summed E-state index contributed by atoms with van der Waals surface area (Å²) in [6.45, 7) is 0. The van der Waals surface area contributed by atoms with Gasteiger partial charge in [-0.3, -0.25) is 4.79 Å². The van der Waals surface area contributed by atoms with Crippen LogP contribution in [0.4, 0.5) is 4.79 Å². The molecular formula is C10H12N2O3. The second kappa shape index (κ2) is 4.99. The Morgan fingerprint density at radius 3 is 2.27 bits per heavy atom. The van der Waals surface area contributed by atoms with Crippen molar-refractivity contribution in [3.63, 3.8) is 0 Å². The summed E-state index contributed by atoms with van der Waals surface area (Å²) in [7, 11) is 0. The van der Waals surface area contributed by atoms with E-state index in [0.717, 1.165) is 5.56 Å². The Balaban J connectivity index is 2.67. The summed E-state index contributed by atoms with van der Waals surface area (Å²) in [4.78, 5) is 21.4. The molecule has 1 unspecified atom stereocenters. The number of ether oxygens (including phenoxy) is 1. The maximum absolute atomic E-state index is 10.9. The number of benzene rings is 1. The lowest BCUT2D eigenvalue weighted by molar-refractivity contribution is -0.126. The Morgan fingerprint density at radius 1 is 1.20 bits per heavy atom. The molecule has 0 spiro atoms. The summed E-state index contributed by atoms with van der Waals surface area (Å²) in [6.07, 6.45) is -1.78. The summed E-state index contributed by atoms with van der Waals surface area (Å²) in [5.74, 6) is -0.711. The number of primary amides is 2. The zero-order chi connectivity index (χ0) is 11.3. The van der Waals surface area contributed by atoms with E-state index in [2.05, 4.69) is 4.74 Å². The molecule has 0 saturated heterocycles. The van der Waals surface area contributed by atoms with Crippen LogP contribution in [0.3, 0.4) is 0 Å². The van der Waals surface area contributed by atoms with Gasteiger partial charge in [0.2, 0.25) is 0 Å². The number of carbonyl (C=O) groups is 2. The molecule has 1 aromatic rings. The normalized spacial score (nSPS) is 11.7. The van der Waals surface area contributed by atoms with E-state index < -0.39 is 18.1 Å². The number of rotatable bonds is 4. The van der Waals surface area contributed by atoms with Crippen molar-refractivity contribution in [1.29, 1.82) is 0 Å². The number of hydrogen-bond donors (Lipinski definition) is 2. The topological polar surface area (TPSA) is 95.4 Å². The van der Waals surface area contributed by atoms with Crippen LogP contribution in [0.25, 0.3) is 0 Å². The standard InChI is InChI=1S/C10H12N2O3/c11-9(13)8(15-10(12)14)6-7-4-2-1-3-5-7/h1-5,8H,6H2,(H2,11,13)(H2,12,14). The van der Waals surface area contributed by atoms with Crippen LogP contribution < -0.4 is 11.5 Å². The Labute approximate surface area is 87.0 Å². The highest BCUT2D eigenvalue weighted by atomic mass is 16.6. The van der Waals surface area contributed by atoms with Gasteiger partial charge in [0.1, 0.15) is 0 Å². The average Bonchev–Trinajstić information content (AvgIpc) is 2.17. The summed E-state index contributed by atoms with van der Waals surface area (Å²) in [6, 6.07) is 9.09. The minimum Gasteiger partial charge on any atom is -0.436 e. The van der Waals surface area contributed by atoms with Gasteiger partial charge >= 0.3 is 6.09 Å². The van der Waals surface area contributed by atoms with Crippen LogP contribution in [0, 0.1) is 0 Å². The van der Waals surface area contributed by atoms with Crippen molar-refractivity contribution in [2.75, 3.05) is 0 Å². The molecule has 0 saturated carbocycles. The van der Waals surface area contributed by atoms with Crippen LogP contribution in [-0.4, -0.2) is 18.1 Å². The van der Waals surface area contributed by atoms with Gasteiger partial charge < -0.3 is 16.2 Å². The average molecular weight is 208 g/mol. The summed E-state index contributed by atoms with van der Waals surface area (Å²) in [5.41, 5.74) is 10.7. The SMILES string of the molecule is NC(=O)OC(Cc1ccccc1)C(N)=O. The fourth-order valence-corrected chi connectivity index (χ4v) is 1.17. The number of carbonyl (C=O) groups excluding carboxylic acids is 2. The van der Waals surface area contributed by atoms with Gasteiger partial charge in [0, 0.05) is 6.42 Å². The zero-order valence-corrected chi connectivity index (χ0v) is 8.05. The Morgan fingerprint density at radius 2 is 1.80 bits per heavy atom. The third-order valence-corrected chi connectivity index (χ3v) is 1.84. The van der Waals surface area contributed by atoms with Crippen molar-refractivity contribution in [2.45, 2.75) is 12.5 Å². The quantitative estimate of drug-likeness (QED) is 0.738. The molecule has 4 N–H and O–H groups in total. The Hall–Kier alpha value is -2.04. The van der Waals surface area contributed by atoms with E-state index in [1.165, 1.54) is 0 Å². The second-order valence-electron chi connectivity index (χ2n) is 3.02. The van der Waals surface area contributed by atoms with Gasteiger partial charge in [-0.05, 0) is 5.56 Å². The first kappa shape index (κ1) is 11.0. The van der Waals surface area contributed by atoms with E-state index in [-0.39, 0.29) is 6.42 Å². The molecular weight excluding hydrogens is 196 g/mol. The van der Waals surface area contributed by atoms with E-state index >= 15 is 0 Å². The molecule has 0 radical (unpaired) electrons. The first-order valence-electron chi connectivity index (χ1n) is 4.39. The van der Waals surface area contributed by atoms with E-state index in [1.54, 1.807) is 12.1 Å². The first-order valence-corrected chi connectivity index (χ1v) is 4.39. The molecule has 5 heteroatoms. The van der Waals surface area contributed by atoms with E-state index in [4.69, 9.17) is 11.5 Å². The lowest BCUT2D eigenvalue weighted by Crippen LogP contribution is -2.36. The molecule has 5 nitrogen and oxygen atoms in total. The molecule has 0 aliphatic rings. The van der Waals surface area contributed by atoms with E-state index in [1.807, 2.05) is 18.2 Å². The van der Waals surface area contributed by atoms with Crippen molar-refractivity contribution in [2.24, 2.45) is 11.5 Å². The fourth-order valence-electron chi connectivity index (χ4n) is 1.17. The summed E-state index contributed by atoms with van der Waals surface area (Å²) >= 11 is 0. The molecule has 0 aromatic heterocycles. The van der Waals surface area contributed by atoms with Crippen molar-refractivity contribution >= 4 is 12.0 Å². The van der Waals surface area contributed by atoms with Gasteiger partial charge in [0.05, 0.1) is 0 Å². The highest BCUT2D eigenvalue weighted by molar-refractivity contribution is 5.81. The Kier molecular flexibility index (Phi) is 3.68. The van der Waals surface area contributed by atoms with Gasteiger partial charge in [-0.1, -0.05) is 30.3 Å². The fraction of sp³-hybridized carbons (Fsp3) is 0.200. The van der Waals surface area contributed by atoms with Crippen LogP contribution in [0.1, 0.15) is 5.56 Å². The van der Waals surface area contributed by atoms with Crippen LogP contribution >= 0.6 is 0 Å². The van der Waals surface area contributed by atoms with Gasteiger partial charge in [-0.2, -0.15) is 0 Å². The summed E-state index contributed by atoms with van der Waals surface area (Å²) < 4.78 is 4.58. The van der Waals surface area contributed by atoms with Gasteiger partial charge in [0.15, 0.2) is 6.10 Å². The molecule has 1 atom stereocenters. The third kappa shape index (κ3) is 3.68. The van der Waals surface area contributed by atoms with Crippen LogP contribution in [0.2, 0.25) is 0 Å². The van der Waals surface area contributed by atoms with Crippen molar-refractivity contribution in [3.05, 3.63) is 35.9 Å². The predicted molar refractivity (Wildman–Crippen MR) is 53.8 cm³/mol. The monoisotopic (exact) mass is 208 g/mol. The van der Waals surface area contributed by atoms with Crippen LogP contribution in [0.15, 0.2) is 30.3 Å². The van der Waals surface area contributed by atoms with Crippen molar-refractivity contribution < 1.29 is 14.3 Å². The molecule has 15 heavy (non-hydrogen) atoms. The minimum absolute atomic E-state index is 0.235. The number of hydrogen-bond acceptors (Lipinski definition) is 3. The van der Waals surface area contributed by atoms with Gasteiger partial charge in [-0.25, -0.2) is 4.79 Å². The smallest absolute Gasteiger partial charge is 0.405 e. The molecule has 2 amide bonds. The van der Waals surface area contributed by atoms with Crippen LogP contribution in [0.5, 0.6) is 0 Å². The maximum Gasteiger partial charge on any atom is 0.405 e. The molecule has 0 fully saturated rings. The maximum atomic E-state index is 10.9. The van der Waals surface area contributed by atoms with Gasteiger partial charge in [0.25, 0.3) is 5.91 Å². The van der Waals surface area contributed by atoms with Crippen molar-refractivity contribution in [1.82, 2.24) is 0 Å². The molecule has 80 valence electrons. The van der Waals surface area contributed by atoms with Crippen molar-refractivity contribution in [3.8, 4) is 0 Å². The molecule has 0 bridgehead atoms. The van der Waals surface area contributed by atoms with E-state index in [0.29, 0.717) is 0 Å². The molecule has 1 aromatic carbocycles. The third-order valence-electron chi connectivity index (χ3n) is 1.84. The predicted octanol–water partition coefficient (Wildman–Crippen LogP) is 0.178. The molecule has 1 rings (SSSR count). The minimum atomic E-state index is -1.01. The van der Waals surface area contributed by atoms with E-state index in [9.17, 15) is 9.59 Å². The molecule has 0 aliphatic heterocycles. The number of nitrogens with two attached hydrogens (primary N) is 2. The zero-order valence-electron chi connectivity index (χ0n) is 8.05. The largest absolute Gasteiger partial charge is 0.436 e. The Bertz CT molecular complexity index is 351. The molecule has 0 heterocycles. The van der Waals surface area contributed by atoms with Gasteiger partial charge in [-0.15, -0.1) is 0 Å². The highest BCUT2D eigenvalue weighted by Gasteiger charge is 2.19. The lowest BCUT2D eigenvalue weighted by Gasteiger charge is -2.12. The second-order valence-corrected chi connectivity index (χ2v) is 3.02. The molecule has 0 aliphatic carbocycles. The first-order chi connectivity index (χ1) is 7.09. The highest BCUT2D eigenvalue weighted by Crippen LogP contribution is 2.05.